The molecule has 1 heterocycles. The maximum Gasteiger partial charge on any atom is 0.338 e. The van der Waals surface area contributed by atoms with Gasteiger partial charge in [0.05, 0.1) is 12.7 Å². The first-order chi connectivity index (χ1) is 11.6. The summed E-state index contributed by atoms with van der Waals surface area (Å²) >= 11 is 0. The Labute approximate surface area is 141 Å². The monoisotopic (exact) mass is 322 g/mol. The normalized spacial score (nSPS) is 11.2. The third-order valence-electron chi connectivity index (χ3n) is 4.08. The number of ether oxygens (including phenoxy) is 1. The highest BCUT2D eigenvalue weighted by atomic mass is 16.5. The van der Waals surface area contributed by atoms with Gasteiger partial charge in [-0.1, -0.05) is 38.1 Å². The largest absolute Gasteiger partial charge is 0.465 e. The molecule has 0 aliphatic heterocycles. The van der Waals surface area contributed by atoms with E-state index in [-0.39, 0.29) is 5.97 Å². The summed E-state index contributed by atoms with van der Waals surface area (Å²) in [4.78, 5) is 15.2. The lowest BCUT2D eigenvalue weighted by molar-refractivity contribution is 0.0603. The molecule has 24 heavy (non-hydrogen) atoms. The average molecular weight is 322 g/mol. The van der Waals surface area contributed by atoms with Gasteiger partial charge in [0.2, 0.25) is 0 Å². The molecule has 0 aliphatic carbocycles. The average Bonchev–Trinajstić information content (AvgIpc) is 3.07. The number of nitrogens with one attached hydrogen (secondary N) is 2. The number of hydrogen-bond acceptors (Lipinski definition) is 3. The Morgan fingerprint density at radius 2 is 1.88 bits per heavy atom. The van der Waals surface area contributed by atoms with Crippen LogP contribution in [0.3, 0.4) is 0 Å². The second kappa shape index (κ2) is 6.89. The summed E-state index contributed by atoms with van der Waals surface area (Å²) in [7, 11) is 1.41. The van der Waals surface area contributed by atoms with E-state index in [1.807, 2.05) is 18.3 Å². The number of aromatic amines is 1. The van der Waals surface area contributed by atoms with Gasteiger partial charge in [-0.15, -0.1) is 0 Å². The van der Waals surface area contributed by atoms with Crippen molar-refractivity contribution in [3.63, 3.8) is 0 Å². The molecule has 3 rings (SSSR count). The lowest BCUT2D eigenvalue weighted by Gasteiger charge is -2.10. The van der Waals surface area contributed by atoms with Crippen molar-refractivity contribution in [3.8, 4) is 11.1 Å². The first-order valence-corrected chi connectivity index (χ1v) is 8.10. The van der Waals surface area contributed by atoms with Crippen LogP contribution in [-0.2, 0) is 11.3 Å². The molecule has 0 radical (unpaired) electrons. The summed E-state index contributed by atoms with van der Waals surface area (Å²) in [6.07, 6.45) is 1.83. The van der Waals surface area contributed by atoms with Crippen molar-refractivity contribution in [1.29, 1.82) is 0 Å². The van der Waals surface area contributed by atoms with Crippen molar-refractivity contribution in [3.05, 3.63) is 59.8 Å². The molecule has 2 N–H and O–H groups in total. The van der Waals surface area contributed by atoms with Crippen molar-refractivity contribution in [2.24, 2.45) is 0 Å². The fourth-order valence-electron chi connectivity index (χ4n) is 2.75. The van der Waals surface area contributed by atoms with E-state index >= 15 is 0 Å². The van der Waals surface area contributed by atoms with Crippen LogP contribution in [-0.4, -0.2) is 24.1 Å². The Morgan fingerprint density at radius 1 is 1.12 bits per heavy atom. The van der Waals surface area contributed by atoms with E-state index in [0.29, 0.717) is 11.6 Å². The van der Waals surface area contributed by atoms with Gasteiger partial charge in [0.25, 0.3) is 0 Å². The Morgan fingerprint density at radius 3 is 2.54 bits per heavy atom. The highest BCUT2D eigenvalue weighted by Crippen LogP contribution is 2.28. The molecule has 0 saturated carbocycles. The van der Waals surface area contributed by atoms with Crippen LogP contribution in [0, 0.1) is 0 Å². The zero-order chi connectivity index (χ0) is 17.1. The molecule has 3 aromatic rings. The predicted octanol–water partition coefficient (Wildman–Crippen LogP) is 4.12. The van der Waals surface area contributed by atoms with Crippen molar-refractivity contribution >= 4 is 16.9 Å². The van der Waals surface area contributed by atoms with Gasteiger partial charge < -0.3 is 15.0 Å². The Kier molecular flexibility index (Phi) is 4.67. The topological polar surface area (TPSA) is 54.1 Å². The van der Waals surface area contributed by atoms with Crippen molar-refractivity contribution < 1.29 is 9.53 Å². The Balaban J connectivity index is 1.95. The number of hydrogen-bond donors (Lipinski definition) is 2. The standard InChI is InChI=1S/C20H22N2O2/c1-13(2)22-12-14-4-6-15(7-5-14)16-10-18(20(23)24-3)17-8-9-21-19(17)11-16/h4-11,13,21-22H,12H2,1-3H3. The summed E-state index contributed by atoms with van der Waals surface area (Å²) in [5.74, 6) is -0.320. The minimum atomic E-state index is -0.320. The Hall–Kier alpha value is -2.59. The molecule has 0 atom stereocenters. The van der Waals surface area contributed by atoms with E-state index in [1.54, 1.807) is 0 Å². The fourth-order valence-corrected chi connectivity index (χ4v) is 2.75. The van der Waals surface area contributed by atoms with E-state index in [2.05, 4.69) is 54.5 Å². The summed E-state index contributed by atoms with van der Waals surface area (Å²) in [6.45, 7) is 5.11. The number of methoxy groups -OCH3 is 1. The molecule has 0 bridgehead atoms. The molecular formula is C20H22N2O2. The Bertz CT molecular complexity index is 848. The molecule has 0 saturated heterocycles. The maximum atomic E-state index is 12.1. The molecule has 0 aliphatic rings. The van der Waals surface area contributed by atoms with Crippen molar-refractivity contribution in [2.75, 3.05) is 7.11 Å². The SMILES string of the molecule is COC(=O)c1cc(-c2ccc(CNC(C)C)cc2)cc2[nH]ccc12. The number of aromatic nitrogens is 1. The highest BCUT2D eigenvalue weighted by Gasteiger charge is 2.13. The van der Waals surface area contributed by atoms with Gasteiger partial charge in [-0.05, 0) is 34.9 Å². The minimum absolute atomic E-state index is 0.320. The molecule has 4 heteroatoms. The van der Waals surface area contributed by atoms with Gasteiger partial charge in [0.1, 0.15) is 0 Å². The molecule has 1 aromatic heterocycles. The maximum absolute atomic E-state index is 12.1. The van der Waals surface area contributed by atoms with E-state index < -0.39 is 0 Å². The summed E-state index contributed by atoms with van der Waals surface area (Å²) in [6, 6.07) is 14.7. The second-order valence-corrected chi connectivity index (χ2v) is 6.19. The molecule has 0 spiro atoms. The van der Waals surface area contributed by atoms with Crippen LogP contribution in [0.4, 0.5) is 0 Å². The lowest BCUT2D eigenvalue weighted by Crippen LogP contribution is -2.21. The van der Waals surface area contributed by atoms with Crippen molar-refractivity contribution in [2.45, 2.75) is 26.4 Å². The summed E-state index contributed by atoms with van der Waals surface area (Å²) < 4.78 is 4.92. The van der Waals surface area contributed by atoms with Gasteiger partial charge in [-0.25, -0.2) is 4.79 Å². The third kappa shape index (κ3) is 3.34. The van der Waals surface area contributed by atoms with Gasteiger partial charge in [0.15, 0.2) is 0 Å². The van der Waals surface area contributed by atoms with Crippen LogP contribution < -0.4 is 5.32 Å². The molecule has 2 aromatic carbocycles. The van der Waals surface area contributed by atoms with Crippen LogP contribution in [0.15, 0.2) is 48.7 Å². The summed E-state index contributed by atoms with van der Waals surface area (Å²) in [5.41, 5.74) is 4.82. The zero-order valence-electron chi connectivity index (χ0n) is 14.2. The van der Waals surface area contributed by atoms with Gasteiger partial charge in [0, 0.05) is 29.7 Å². The second-order valence-electron chi connectivity index (χ2n) is 6.19. The number of esters is 1. The van der Waals surface area contributed by atoms with E-state index in [4.69, 9.17) is 4.74 Å². The summed E-state index contributed by atoms with van der Waals surface area (Å²) in [5, 5.41) is 4.29. The predicted molar refractivity (Wildman–Crippen MR) is 97.0 cm³/mol. The number of carbonyl (C=O) groups excluding carboxylic acids is 1. The minimum Gasteiger partial charge on any atom is -0.465 e. The number of benzene rings is 2. The van der Waals surface area contributed by atoms with E-state index in [0.717, 1.165) is 28.6 Å². The zero-order valence-corrected chi connectivity index (χ0v) is 14.2. The first-order valence-electron chi connectivity index (χ1n) is 8.10. The number of rotatable bonds is 5. The molecule has 0 amide bonds. The molecule has 0 fully saturated rings. The van der Waals surface area contributed by atoms with Crippen LogP contribution in [0.25, 0.3) is 22.0 Å². The van der Waals surface area contributed by atoms with Gasteiger partial charge >= 0.3 is 5.97 Å². The van der Waals surface area contributed by atoms with Gasteiger partial charge in [-0.3, -0.25) is 0 Å². The highest BCUT2D eigenvalue weighted by molar-refractivity contribution is 6.05. The molecule has 4 nitrogen and oxygen atoms in total. The van der Waals surface area contributed by atoms with E-state index in [1.165, 1.54) is 12.7 Å². The van der Waals surface area contributed by atoms with Crippen LogP contribution in [0.5, 0.6) is 0 Å². The van der Waals surface area contributed by atoms with E-state index in [9.17, 15) is 4.79 Å². The van der Waals surface area contributed by atoms with Gasteiger partial charge in [-0.2, -0.15) is 0 Å². The smallest absolute Gasteiger partial charge is 0.338 e. The third-order valence-corrected chi connectivity index (χ3v) is 4.08. The van der Waals surface area contributed by atoms with Crippen molar-refractivity contribution in [1.82, 2.24) is 10.3 Å². The number of fused-ring (bicyclic) bond motifs is 1. The van der Waals surface area contributed by atoms with Crippen LogP contribution >= 0.6 is 0 Å². The molecule has 0 unspecified atom stereocenters. The van der Waals surface area contributed by atoms with Crippen LogP contribution in [0.2, 0.25) is 0 Å². The molecular weight excluding hydrogens is 300 g/mol. The quantitative estimate of drug-likeness (QED) is 0.695. The number of carbonyl (C=O) groups is 1. The number of H-pyrrole nitrogens is 1. The fraction of sp³-hybridized carbons (Fsp3) is 0.250. The van der Waals surface area contributed by atoms with Crippen LogP contribution in [0.1, 0.15) is 29.8 Å². The molecule has 124 valence electrons. The lowest BCUT2D eigenvalue weighted by atomic mass is 9.99. The first kappa shape index (κ1) is 16.3.